The van der Waals surface area contributed by atoms with Crippen LogP contribution in [0.3, 0.4) is 0 Å². The van der Waals surface area contributed by atoms with Crippen molar-refractivity contribution in [1.29, 1.82) is 0 Å². The molecule has 0 saturated carbocycles. The number of amides is 2. The highest BCUT2D eigenvalue weighted by atomic mass is 32.2. The number of piperidine rings is 1. The van der Waals surface area contributed by atoms with E-state index >= 15 is 0 Å². The Morgan fingerprint density at radius 3 is 2.38 bits per heavy atom. The second-order valence-corrected chi connectivity index (χ2v) is 9.89. The van der Waals surface area contributed by atoms with Gasteiger partial charge < -0.3 is 15.0 Å². The minimum atomic E-state index is -3.66. The van der Waals surface area contributed by atoms with Gasteiger partial charge in [0.2, 0.25) is 15.9 Å². The molecule has 1 N–H and O–H groups in total. The second-order valence-electron chi connectivity index (χ2n) is 7.95. The van der Waals surface area contributed by atoms with E-state index in [0.29, 0.717) is 56.9 Å². The fourth-order valence-corrected chi connectivity index (χ4v) is 5.61. The number of rotatable bonds is 5. The first-order valence-electron chi connectivity index (χ1n) is 10.8. The van der Waals surface area contributed by atoms with Crippen molar-refractivity contribution < 1.29 is 22.7 Å². The van der Waals surface area contributed by atoms with E-state index in [2.05, 4.69) is 5.32 Å². The largest absolute Gasteiger partial charge is 0.378 e. The van der Waals surface area contributed by atoms with E-state index in [-0.39, 0.29) is 23.3 Å². The lowest BCUT2D eigenvalue weighted by molar-refractivity contribution is -0.120. The van der Waals surface area contributed by atoms with E-state index in [1.807, 2.05) is 0 Å². The molecule has 0 spiro atoms. The molecule has 2 heterocycles. The minimum Gasteiger partial charge on any atom is -0.378 e. The molecule has 2 amide bonds. The molecule has 0 radical (unpaired) electrons. The van der Waals surface area contributed by atoms with E-state index in [0.717, 1.165) is 0 Å². The number of hydrogen-bond acceptors (Lipinski definition) is 5. The Labute approximate surface area is 188 Å². The van der Waals surface area contributed by atoms with Crippen LogP contribution in [0.2, 0.25) is 0 Å². The van der Waals surface area contributed by atoms with Crippen LogP contribution in [-0.4, -0.2) is 68.8 Å². The number of carbonyl (C=O) groups excluding carboxylic acids is 2. The Morgan fingerprint density at radius 2 is 1.62 bits per heavy atom. The van der Waals surface area contributed by atoms with Crippen molar-refractivity contribution in [3.8, 4) is 0 Å². The van der Waals surface area contributed by atoms with Crippen molar-refractivity contribution >= 4 is 27.5 Å². The van der Waals surface area contributed by atoms with Crippen molar-refractivity contribution in [3.05, 3.63) is 60.2 Å². The lowest BCUT2D eigenvalue weighted by Gasteiger charge is -2.31. The third-order valence-electron chi connectivity index (χ3n) is 5.85. The van der Waals surface area contributed by atoms with Crippen molar-refractivity contribution in [2.45, 2.75) is 17.7 Å². The predicted molar refractivity (Wildman–Crippen MR) is 120 cm³/mol. The summed E-state index contributed by atoms with van der Waals surface area (Å²) in [7, 11) is -3.66. The first kappa shape index (κ1) is 22.4. The van der Waals surface area contributed by atoms with Gasteiger partial charge in [0.1, 0.15) is 0 Å². The highest BCUT2D eigenvalue weighted by Gasteiger charge is 2.33. The first-order valence-corrected chi connectivity index (χ1v) is 12.2. The molecule has 2 aliphatic heterocycles. The first-order chi connectivity index (χ1) is 15.5. The number of anilines is 1. The zero-order chi connectivity index (χ0) is 22.6. The van der Waals surface area contributed by atoms with E-state index < -0.39 is 15.9 Å². The second kappa shape index (κ2) is 9.81. The third-order valence-corrected chi connectivity index (χ3v) is 7.73. The number of para-hydroxylation sites is 1. The molecule has 170 valence electrons. The maximum atomic E-state index is 13.1. The standard InChI is InChI=1S/C23H27N3O5S/c27-22(18-7-6-12-26(17-18)32(29,30)19-8-2-1-3-9-19)24-21-11-5-4-10-20(21)23(28)25-13-15-31-16-14-25/h1-5,8-11,18H,6-7,12-17H2,(H,24,27)/t18-/m0/s1. The lowest BCUT2D eigenvalue weighted by Crippen LogP contribution is -2.44. The van der Waals surface area contributed by atoms with E-state index in [1.54, 1.807) is 59.5 Å². The van der Waals surface area contributed by atoms with Gasteiger partial charge in [0, 0.05) is 26.2 Å². The van der Waals surface area contributed by atoms with Gasteiger partial charge in [-0.15, -0.1) is 0 Å². The van der Waals surface area contributed by atoms with Crippen LogP contribution in [0.1, 0.15) is 23.2 Å². The van der Waals surface area contributed by atoms with E-state index in [1.165, 1.54) is 4.31 Å². The van der Waals surface area contributed by atoms with Crippen LogP contribution in [0.4, 0.5) is 5.69 Å². The summed E-state index contributed by atoms with van der Waals surface area (Å²) in [5, 5.41) is 2.87. The third kappa shape index (κ3) is 4.85. The number of nitrogens with zero attached hydrogens (tertiary/aromatic N) is 2. The minimum absolute atomic E-state index is 0.114. The lowest BCUT2D eigenvalue weighted by atomic mass is 9.98. The molecule has 0 aliphatic carbocycles. The van der Waals surface area contributed by atoms with Crippen LogP contribution < -0.4 is 5.32 Å². The number of hydrogen-bond donors (Lipinski definition) is 1. The SMILES string of the molecule is O=C(Nc1ccccc1C(=O)N1CCOCC1)[C@H]1CCCN(S(=O)(=O)c2ccccc2)C1. The molecule has 0 unspecified atom stereocenters. The maximum absolute atomic E-state index is 13.1. The Hall–Kier alpha value is -2.75. The van der Waals surface area contributed by atoms with Crippen molar-refractivity contribution in [2.24, 2.45) is 5.92 Å². The zero-order valence-corrected chi connectivity index (χ0v) is 18.6. The number of benzene rings is 2. The summed E-state index contributed by atoms with van der Waals surface area (Å²) in [6.07, 6.45) is 1.19. The van der Waals surface area contributed by atoms with Gasteiger partial charge in [-0.3, -0.25) is 9.59 Å². The summed E-state index contributed by atoms with van der Waals surface area (Å²) >= 11 is 0. The highest BCUT2D eigenvalue weighted by molar-refractivity contribution is 7.89. The Bertz CT molecular complexity index is 1070. The summed E-state index contributed by atoms with van der Waals surface area (Å²) in [6, 6.07) is 15.2. The number of ether oxygens (including phenoxy) is 1. The van der Waals surface area contributed by atoms with Crippen LogP contribution >= 0.6 is 0 Å². The number of nitrogens with one attached hydrogen (secondary N) is 1. The van der Waals surface area contributed by atoms with Gasteiger partial charge >= 0.3 is 0 Å². The Morgan fingerprint density at radius 1 is 0.938 bits per heavy atom. The van der Waals surface area contributed by atoms with E-state index in [4.69, 9.17) is 4.74 Å². The molecule has 2 aromatic carbocycles. The number of sulfonamides is 1. The smallest absolute Gasteiger partial charge is 0.256 e. The molecule has 2 aromatic rings. The number of morpholine rings is 1. The summed E-state index contributed by atoms with van der Waals surface area (Å²) in [4.78, 5) is 27.9. The van der Waals surface area contributed by atoms with Gasteiger partial charge in [0.25, 0.3) is 5.91 Å². The van der Waals surface area contributed by atoms with Crippen LogP contribution in [0.15, 0.2) is 59.5 Å². The van der Waals surface area contributed by atoms with Crippen LogP contribution in [0.5, 0.6) is 0 Å². The van der Waals surface area contributed by atoms with Gasteiger partial charge in [0.15, 0.2) is 0 Å². The van der Waals surface area contributed by atoms with Gasteiger partial charge in [-0.2, -0.15) is 4.31 Å². The molecule has 2 fully saturated rings. The fraction of sp³-hybridized carbons (Fsp3) is 0.391. The van der Waals surface area contributed by atoms with Crippen LogP contribution in [-0.2, 0) is 19.6 Å². The molecular formula is C23H27N3O5S. The average Bonchev–Trinajstić information content (AvgIpc) is 2.85. The molecule has 4 rings (SSSR count). The van der Waals surface area contributed by atoms with Crippen molar-refractivity contribution in [2.75, 3.05) is 44.7 Å². The quantitative estimate of drug-likeness (QED) is 0.743. The topological polar surface area (TPSA) is 96.0 Å². The molecule has 0 aromatic heterocycles. The number of carbonyl (C=O) groups is 2. The summed E-state index contributed by atoms with van der Waals surface area (Å²) in [5.41, 5.74) is 0.865. The molecule has 0 bridgehead atoms. The Kier molecular flexibility index (Phi) is 6.88. The highest BCUT2D eigenvalue weighted by Crippen LogP contribution is 2.26. The fourth-order valence-electron chi connectivity index (χ4n) is 4.07. The molecule has 1 atom stereocenters. The zero-order valence-electron chi connectivity index (χ0n) is 17.8. The Balaban J connectivity index is 1.47. The summed E-state index contributed by atoms with van der Waals surface area (Å²) in [6.45, 7) is 2.50. The summed E-state index contributed by atoms with van der Waals surface area (Å²) < 4.78 is 32.6. The van der Waals surface area contributed by atoms with Crippen molar-refractivity contribution in [3.63, 3.8) is 0 Å². The van der Waals surface area contributed by atoms with Crippen LogP contribution in [0.25, 0.3) is 0 Å². The molecule has 32 heavy (non-hydrogen) atoms. The van der Waals surface area contributed by atoms with E-state index in [9.17, 15) is 18.0 Å². The molecule has 2 saturated heterocycles. The molecule has 8 nitrogen and oxygen atoms in total. The average molecular weight is 458 g/mol. The monoisotopic (exact) mass is 457 g/mol. The summed E-state index contributed by atoms with van der Waals surface area (Å²) in [5.74, 6) is -0.921. The van der Waals surface area contributed by atoms with Crippen LogP contribution in [0, 0.1) is 5.92 Å². The van der Waals surface area contributed by atoms with Gasteiger partial charge in [-0.25, -0.2) is 8.42 Å². The maximum Gasteiger partial charge on any atom is 0.256 e. The molecule has 2 aliphatic rings. The van der Waals surface area contributed by atoms with Gasteiger partial charge in [-0.1, -0.05) is 30.3 Å². The normalized spacial score (nSPS) is 20.0. The van der Waals surface area contributed by atoms with Gasteiger partial charge in [-0.05, 0) is 37.1 Å². The predicted octanol–water partition coefficient (Wildman–Crippen LogP) is 2.20. The molecular weight excluding hydrogens is 430 g/mol. The molecule has 9 heteroatoms. The van der Waals surface area contributed by atoms with Gasteiger partial charge in [0.05, 0.1) is 35.3 Å². The van der Waals surface area contributed by atoms with Crippen molar-refractivity contribution in [1.82, 2.24) is 9.21 Å².